The molecule has 8 N–H and O–H groups in total. The maximum atomic E-state index is 12.9. The summed E-state index contributed by atoms with van der Waals surface area (Å²) in [5.41, 5.74) is 17.9. The van der Waals surface area contributed by atoms with E-state index in [0.717, 1.165) is 11.1 Å². The Morgan fingerprint density at radius 2 is 1.52 bits per heavy atom. The van der Waals surface area contributed by atoms with E-state index < -0.39 is 29.8 Å². The summed E-state index contributed by atoms with van der Waals surface area (Å²) < 4.78 is 0. The molecular weight excluding hydrogens is 420 g/mol. The van der Waals surface area contributed by atoms with Gasteiger partial charge in [0.05, 0.1) is 0 Å². The quantitative estimate of drug-likeness (QED) is 0.137. The molecule has 9 nitrogen and oxygen atoms in total. The predicted molar refractivity (Wildman–Crippen MR) is 129 cm³/mol. The molecule has 3 amide bonds. The highest BCUT2D eigenvalue weighted by molar-refractivity contribution is 5.96. The van der Waals surface area contributed by atoms with E-state index >= 15 is 0 Å². The Kier molecular flexibility index (Phi) is 10.1. The molecule has 9 heteroatoms. The SMILES string of the molecule is NC(=O)[C@H](Cc1ccccc1)NC(=O)[C@H](CCCN=C(N)N)NC(=O)/C=C/c1ccccc1. The fraction of sp³-hybridized carbons (Fsp3) is 0.250. The molecule has 0 aromatic heterocycles. The van der Waals surface area contributed by atoms with Gasteiger partial charge in [0.2, 0.25) is 17.7 Å². The first-order valence-corrected chi connectivity index (χ1v) is 10.6. The topological polar surface area (TPSA) is 166 Å². The van der Waals surface area contributed by atoms with Crippen LogP contribution in [0.4, 0.5) is 0 Å². The zero-order valence-corrected chi connectivity index (χ0v) is 18.3. The number of guanidine groups is 1. The summed E-state index contributed by atoms with van der Waals surface area (Å²) >= 11 is 0. The molecule has 174 valence electrons. The summed E-state index contributed by atoms with van der Waals surface area (Å²) in [5, 5.41) is 5.34. The lowest BCUT2D eigenvalue weighted by atomic mass is 10.0. The number of hydrogen-bond donors (Lipinski definition) is 5. The second-order valence-corrected chi connectivity index (χ2v) is 7.41. The molecule has 2 aromatic rings. The van der Waals surface area contributed by atoms with Crippen LogP contribution in [0.15, 0.2) is 71.7 Å². The van der Waals surface area contributed by atoms with Crippen molar-refractivity contribution in [3.05, 3.63) is 77.9 Å². The van der Waals surface area contributed by atoms with Crippen LogP contribution >= 0.6 is 0 Å². The zero-order chi connectivity index (χ0) is 24.1. The molecule has 0 fully saturated rings. The highest BCUT2D eigenvalue weighted by Crippen LogP contribution is 2.06. The number of primary amides is 1. The van der Waals surface area contributed by atoms with Crippen molar-refractivity contribution in [2.45, 2.75) is 31.3 Å². The van der Waals surface area contributed by atoms with Crippen molar-refractivity contribution in [3.8, 4) is 0 Å². The smallest absolute Gasteiger partial charge is 0.244 e. The van der Waals surface area contributed by atoms with Crippen molar-refractivity contribution in [2.24, 2.45) is 22.2 Å². The van der Waals surface area contributed by atoms with Gasteiger partial charge in [-0.05, 0) is 30.0 Å². The van der Waals surface area contributed by atoms with Gasteiger partial charge < -0.3 is 27.8 Å². The molecule has 33 heavy (non-hydrogen) atoms. The monoisotopic (exact) mass is 450 g/mol. The van der Waals surface area contributed by atoms with Crippen LogP contribution in [0, 0.1) is 0 Å². The van der Waals surface area contributed by atoms with Crippen LogP contribution in [0.3, 0.4) is 0 Å². The maximum absolute atomic E-state index is 12.9. The summed E-state index contributed by atoms with van der Waals surface area (Å²) in [6.07, 6.45) is 3.94. The minimum absolute atomic E-state index is 0.0533. The van der Waals surface area contributed by atoms with Crippen LogP contribution in [0.5, 0.6) is 0 Å². The Morgan fingerprint density at radius 3 is 2.12 bits per heavy atom. The summed E-state index contributed by atoms with van der Waals surface area (Å²) in [5.74, 6) is -1.68. The molecular formula is C24H30N6O3. The van der Waals surface area contributed by atoms with E-state index in [9.17, 15) is 14.4 Å². The first-order chi connectivity index (χ1) is 15.8. The Labute approximate surface area is 193 Å². The molecule has 2 rings (SSSR count). The van der Waals surface area contributed by atoms with Gasteiger partial charge in [-0.25, -0.2) is 0 Å². The first kappa shape index (κ1) is 25.1. The summed E-state index contributed by atoms with van der Waals surface area (Å²) in [4.78, 5) is 41.2. The van der Waals surface area contributed by atoms with Crippen LogP contribution in [-0.4, -0.2) is 42.3 Å². The molecule has 0 aliphatic heterocycles. The van der Waals surface area contributed by atoms with Crippen LogP contribution < -0.4 is 27.8 Å². The number of benzene rings is 2. The van der Waals surface area contributed by atoms with Crippen molar-refractivity contribution in [1.82, 2.24) is 10.6 Å². The van der Waals surface area contributed by atoms with Crippen molar-refractivity contribution in [2.75, 3.05) is 6.54 Å². The zero-order valence-electron chi connectivity index (χ0n) is 18.3. The Hall–Kier alpha value is -4.14. The molecule has 0 aliphatic rings. The normalized spacial score (nSPS) is 12.5. The number of nitrogens with two attached hydrogens (primary N) is 3. The lowest BCUT2D eigenvalue weighted by Gasteiger charge is -2.21. The molecule has 0 bridgehead atoms. The van der Waals surface area contributed by atoms with Crippen LogP contribution in [0.1, 0.15) is 24.0 Å². The van der Waals surface area contributed by atoms with E-state index in [1.54, 1.807) is 6.08 Å². The molecule has 0 spiro atoms. The van der Waals surface area contributed by atoms with Gasteiger partial charge in [0.25, 0.3) is 0 Å². The van der Waals surface area contributed by atoms with Crippen LogP contribution in [0.2, 0.25) is 0 Å². The standard InChI is InChI=1S/C24H30N6O3/c25-22(32)20(16-18-10-5-2-6-11-18)30-23(33)19(12-7-15-28-24(26)27)29-21(31)14-13-17-8-3-1-4-9-17/h1-6,8-11,13-14,19-20H,7,12,15-16H2,(H2,25,32)(H,29,31)(H,30,33)(H4,26,27,28)/b14-13+/t19-,20-/m0/s1. The Morgan fingerprint density at radius 1 is 0.879 bits per heavy atom. The van der Waals surface area contributed by atoms with Gasteiger partial charge in [-0.3, -0.25) is 19.4 Å². The fourth-order valence-corrected chi connectivity index (χ4v) is 3.07. The van der Waals surface area contributed by atoms with Crippen molar-refractivity contribution >= 4 is 29.8 Å². The number of carbonyl (C=O) groups is 3. The van der Waals surface area contributed by atoms with E-state index in [0.29, 0.717) is 13.0 Å². The van der Waals surface area contributed by atoms with Crippen molar-refractivity contribution in [3.63, 3.8) is 0 Å². The Balaban J connectivity index is 2.06. The average Bonchev–Trinajstić information content (AvgIpc) is 2.80. The maximum Gasteiger partial charge on any atom is 0.244 e. The van der Waals surface area contributed by atoms with E-state index in [-0.39, 0.29) is 18.8 Å². The van der Waals surface area contributed by atoms with Gasteiger partial charge in [0.15, 0.2) is 5.96 Å². The molecule has 2 aromatic carbocycles. The third-order valence-electron chi connectivity index (χ3n) is 4.75. The summed E-state index contributed by atoms with van der Waals surface area (Å²) in [7, 11) is 0. The second-order valence-electron chi connectivity index (χ2n) is 7.41. The minimum Gasteiger partial charge on any atom is -0.370 e. The number of aliphatic imine (C=N–C) groups is 1. The van der Waals surface area contributed by atoms with E-state index in [1.165, 1.54) is 6.08 Å². The molecule has 0 aliphatic carbocycles. The van der Waals surface area contributed by atoms with Gasteiger partial charge in [-0.15, -0.1) is 0 Å². The number of hydrogen-bond acceptors (Lipinski definition) is 4. The molecule has 0 radical (unpaired) electrons. The Bertz CT molecular complexity index is 972. The largest absolute Gasteiger partial charge is 0.370 e. The predicted octanol–water partition coefficient (Wildman–Crippen LogP) is 0.451. The van der Waals surface area contributed by atoms with E-state index in [2.05, 4.69) is 15.6 Å². The van der Waals surface area contributed by atoms with Gasteiger partial charge in [-0.2, -0.15) is 0 Å². The van der Waals surface area contributed by atoms with Gasteiger partial charge in [0, 0.05) is 19.0 Å². The van der Waals surface area contributed by atoms with E-state index in [1.807, 2.05) is 60.7 Å². The number of nitrogens with zero attached hydrogens (tertiary/aromatic N) is 1. The second kappa shape index (κ2) is 13.3. The molecule has 0 saturated heterocycles. The first-order valence-electron chi connectivity index (χ1n) is 10.6. The molecule has 0 heterocycles. The fourth-order valence-electron chi connectivity index (χ4n) is 3.07. The van der Waals surface area contributed by atoms with Crippen molar-refractivity contribution in [1.29, 1.82) is 0 Å². The lowest BCUT2D eigenvalue weighted by Crippen LogP contribution is -2.53. The number of carbonyl (C=O) groups excluding carboxylic acids is 3. The third-order valence-corrected chi connectivity index (χ3v) is 4.75. The molecule has 2 atom stereocenters. The van der Waals surface area contributed by atoms with Crippen molar-refractivity contribution < 1.29 is 14.4 Å². The van der Waals surface area contributed by atoms with Crippen LogP contribution in [0.25, 0.3) is 6.08 Å². The van der Waals surface area contributed by atoms with E-state index in [4.69, 9.17) is 17.2 Å². The lowest BCUT2D eigenvalue weighted by molar-refractivity contribution is -0.130. The number of amides is 3. The van der Waals surface area contributed by atoms with Gasteiger partial charge in [0.1, 0.15) is 12.1 Å². The third kappa shape index (κ3) is 9.69. The highest BCUT2D eigenvalue weighted by Gasteiger charge is 2.25. The minimum atomic E-state index is -0.920. The molecule has 0 unspecified atom stereocenters. The van der Waals surface area contributed by atoms with Crippen LogP contribution in [-0.2, 0) is 20.8 Å². The average molecular weight is 451 g/mol. The number of nitrogens with one attached hydrogen (secondary N) is 2. The number of rotatable bonds is 12. The molecule has 0 saturated carbocycles. The summed E-state index contributed by atoms with van der Waals surface area (Å²) in [6, 6.07) is 16.7. The van der Waals surface area contributed by atoms with Gasteiger partial charge >= 0.3 is 0 Å². The highest BCUT2D eigenvalue weighted by atomic mass is 16.2. The van der Waals surface area contributed by atoms with Gasteiger partial charge in [-0.1, -0.05) is 60.7 Å². The summed E-state index contributed by atoms with van der Waals surface area (Å²) in [6.45, 7) is 0.297.